The smallest absolute Gasteiger partial charge is 0.161 e. The second kappa shape index (κ2) is 6.58. The van der Waals surface area contributed by atoms with Gasteiger partial charge in [-0.25, -0.2) is 0 Å². The number of allylic oxidation sites excluding steroid dienone is 2. The molecule has 0 bridgehead atoms. The zero-order valence-electron chi connectivity index (χ0n) is 16.7. The summed E-state index contributed by atoms with van der Waals surface area (Å²) in [5.41, 5.74) is 8.00. The zero-order valence-corrected chi connectivity index (χ0v) is 18.3. The molecule has 1 aromatic heterocycles. The largest absolute Gasteiger partial charge is 0.358 e. The monoisotopic (exact) mass is 456 g/mol. The Morgan fingerprint density at radius 1 is 1.00 bits per heavy atom. The fourth-order valence-corrected chi connectivity index (χ4v) is 5.90. The van der Waals surface area contributed by atoms with Gasteiger partial charge in [-0.2, -0.15) is 0 Å². The number of para-hydroxylation sites is 1. The molecule has 1 aliphatic heterocycles. The molecule has 1 N–H and O–H groups in total. The summed E-state index contributed by atoms with van der Waals surface area (Å²) in [6.07, 6.45) is 1.38. The highest BCUT2D eigenvalue weighted by molar-refractivity contribution is 9.10. The van der Waals surface area contributed by atoms with E-state index in [9.17, 15) is 4.79 Å². The number of Topliss-reactive ketones (excluding diaryl/α,β-unsaturated/α-hetero) is 1. The number of nitrogens with one attached hydrogen (secondary N) is 1. The van der Waals surface area contributed by atoms with Gasteiger partial charge < -0.3 is 9.88 Å². The second-order valence-electron chi connectivity index (χ2n) is 8.08. The fraction of sp³-hybridized carbons (Fsp3) is 0.192. The number of nitrogens with zero attached hydrogens (tertiary/aromatic N) is 1. The van der Waals surface area contributed by atoms with Gasteiger partial charge in [0.15, 0.2) is 5.78 Å². The van der Waals surface area contributed by atoms with E-state index < -0.39 is 0 Å². The Kier molecular flexibility index (Phi) is 3.94. The summed E-state index contributed by atoms with van der Waals surface area (Å²) in [7, 11) is 0. The molecule has 0 amide bonds. The van der Waals surface area contributed by atoms with E-state index in [4.69, 9.17) is 0 Å². The Morgan fingerprint density at radius 2 is 1.80 bits per heavy atom. The lowest BCUT2D eigenvalue weighted by Gasteiger charge is -2.30. The van der Waals surface area contributed by atoms with Gasteiger partial charge in [-0.1, -0.05) is 52.3 Å². The molecule has 1 unspecified atom stereocenters. The van der Waals surface area contributed by atoms with E-state index >= 15 is 0 Å². The van der Waals surface area contributed by atoms with E-state index in [1.165, 1.54) is 27.4 Å². The van der Waals surface area contributed by atoms with Gasteiger partial charge in [0.05, 0.1) is 0 Å². The van der Waals surface area contributed by atoms with Crippen molar-refractivity contribution in [1.82, 2.24) is 4.57 Å². The Bertz CT molecular complexity index is 1400. The number of hydrogen-bond donors (Lipinski definition) is 1. The number of carbonyl (C=O) groups excluding carboxylic acids is 1. The minimum absolute atomic E-state index is 0.0679. The summed E-state index contributed by atoms with van der Waals surface area (Å²) in [4.78, 5) is 13.1. The Labute approximate surface area is 183 Å². The number of rotatable bonds is 2. The van der Waals surface area contributed by atoms with Gasteiger partial charge in [0.2, 0.25) is 0 Å². The maximum absolute atomic E-state index is 13.1. The normalized spacial score (nSPS) is 18.1. The number of ketones is 1. The lowest BCUT2D eigenvalue weighted by Crippen LogP contribution is -2.20. The molecule has 1 atom stereocenters. The highest BCUT2D eigenvalue weighted by Gasteiger charge is 2.39. The lowest BCUT2D eigenvalue weighted by molar-refractivity contribution is -0.115. The quantitative estimate of drug-likeness (QED) is 0.361. The number of aromatic nitrogens is 1. The lowest BCUT2D eigenvalue weighted by atomic mass is 9.79. The number of carbonyl (C=O) groups is 1. The summed E-state index contributed by atoms with van der Waals surface area (Å²) in [5.74, 6) is 0.196. The molecule has 4 heteroatoms. The molecule has 6 rings (SSSR count). The van der Waals surface area contributed by atoms with Gasteiger partial charge in [0.25, 0.3) is 0 Å². The Balaban J connectivity index is 1.78. The highest BCUT2D eigenvalue weighted by atomic mass is 79.9. The van der Waals surface area contributed by atoms with Crippen molar-refractivity contribution in [3.63, 3.8) is 0 Å². The van der Waals surface area contributed by atoms with Crippen LogP contribution >= 0.6 is 15.9 Å². The number of fused-ring (bicyclic) bond motifs is 5. The van der Waals surface area contributed by atoms with Gasteiger partial charge in [0.1, 0.15) is 0 Å². The van der Waals surface area contributed by atoms with Crippen molar-refractivity contribution in [3.05, 3.63) is 87.5 Å². The van der Waals surface area contributed by atoms with E-state index in [0.717, 1.165) is 40.0 Å². The second-order valence-corrected chi connectivity index (χ2v) is 8.93. The van der Waals surface area contributed by atoms with Crippen molar-refractivity contribution >= 4 is 49.2 Å². The van der Waals surface area contributed by atoms with Crippen LogP contribution in [0, 0.1) is 0 Å². The minimum Gasteiger partial charge on any atom is -0.358 e. The molecular formula is C26H21BrN2O. The van der Waals surface area contributed by atoms with E-state index in [1.54, 1.807) is 0 Å². The molecule has 3 aromatic carbocycles. The number of hydrogen-bond acceptors (Lipinski definition) is 2. The first kappa shape index (κ1) is 18.0. The van der Waals surface area contributed by atoms with E-state index in [0.29, 0.717) is 6.42 Å². The van der Waals surface area contributed by atoms with E-state index in [1.807, 2.05) is 6.07 Å². The molecule has 0 radical (unpaired) electrons. The van der Waals surface area contributed by atoms with Crippen LogP contribution in [0.25, 0.3) is 21.8 Å². The summed E-state index contributed by atoms with van der Waals surface area (Å²) in [6.45, 7) is 3.10. The molecule has 0 spiro atoms. The minimum atomic E-state index is -0.0679. The SMILES string of the molecule is CCn1c2ccccc2c2c3c(ccc21)NC1=C(C(=O)CC1)C3c1ccccc1Br. The van der Waals surface area contributed by atoms with Crippen LogP contribution in [-0.4, -0.2) is 10.4 Å². The number of aryl methyl sites for hydroxylation is 1. The highest BCUT2D eigenvalue weighted by Crippen LogP contribution is 2.51. The molecule has 0 saturated carbocycles. The molecule has 30 heavy (non-hydrogen) atoms. The van der Waals surface area contributed by atoms with Gasteiger partial charge in [0, 0.05) is 62.1 Å². The Hall–Kier alpha value is -2.85. The van der Waals surface area contributed by atoms with Gasteiger partial charge in [-0.15, -0.1) is 0 Å². The first-order chi connectivity index (χ1) is 14.7. The summed E-state index contributed by atoms with van der Waals surface area (Å²) >= 11 is 3.77. The summed E-state index contributed by atoms with van der Waals surface area (Å²) in [5, 5.41) is 6.13. The zero-order chi connectivity index (χ0) is 20.4. The third-order valence-corrected chi connectivity index (χ3v) is 7.32. The van der Waals surface area contributed by atoms with Crippen LogP contribution in [0.1, 0.15) is 36.8 Å². The molecule has 3 nitrogen and oxygen atoms in total. The van der Waals surface area contributed by atoms with Gasteiger partial charge in [-0.3, -0.25) is 4.79 Å². The van der Waals surface area contributed by atoms with Crippen molar-refractivity contribution in [2.24, 2.45) is 0 Å². The van der Waals surface area contributed by atoms with Crippen molar-refractivity contribution in [2.75, 3.05) is 5.32 Å². The number of halogens is 1. The van der Waals surface area contributed by atoms with Gasteiger partial charge in [-0.05, 0) is 48.7 Å². The van der Waals surface area contributed by atoms with Crippen LogP contribution in [0.4, 0.5) is 5.69 Å². The molecule has 4 aromatic rings. The van der Waals surface area contributed by atoms with Gasteiger partial charge >= 0.3 is 0 Å². The van der Waals surface area contributed by atoms with Crippen molar-refractivity contribution in [1.29, 1.82) is 0 Å². The number of anilines is 1. The van der Waals surface area contributed by atoms with Crippen molar-refractivity contribution in [2.45, 2.75) is 32.2 Å². The van der Waals surface area contributed by atoms with Crippen LogP contribution in [0.15, 0.2) is 76.4 Å². The molecule has 0 fully saturated rings. The van der Waals surface area contributed by atoms with Crippen molar-refractivity contribution in [3.8, 4) is 0 Å². The molecule has 2 aliphatic rings. The van der Waals surface area contributed by atoms with E-state index in [-0.39, 0.29) is 11.7 Å². The molecule has 0 saturated heterocycles. The average molecular weight is 457 g/mol. The fourth-order valence-electron chi connectivity index (χ4n) is 5.38. The average Bonchev–Trinajstić information content (AvgIpc) is 3.30. The van der Waals surface area contributed by atoms with E-state index in [2.05, 4.69) is 87.3 Å². The maximum Gasteiger partial charge on any atom is 0.161 e. The molecule has 1 aliphatic carbocycles. The Morgan fingerprint density at radius 3 is 2.63 bits per heavy atom. The summed E-state index contributed by atoms with van der Waals surface area (Å²) < 4.78 is 3.42. The van der Waals surface area contributed by atoms with Crippen molar-refractivity contribution < 1.29 is 4.79 Å². The molecule has 148 valence electrons. The molecular weight excluding hydrogens is 436 g/mol. The van der Waals surface area contributed by atoms with Crippen LogP contribution in [0.3, 0.4) is 0 Å². The van der Waals surface area contributed by atoms with Crippen LogP contribution in [0.2, 0.25) is 0 Å². The number of benzene rings is 3. The molecule has 2 heterocycles. The first-order valence-electron chi connectivity index (χ1n) is 10.5. The topological polar surface area (TPSA) is 34.0 Å². The first-order valence-corrected chi connectivity index (χ1v) is 11.3. The predicted molar refractivity (Wildman–Crippen MR) is 126 cm³/mol. The summed E-state index contributed by atoms with van der Waals surface area (Å²) in [6, 6.07) is 21.4. The van der Waals surface area contributed by atoms with Crippen LogP contribution in [0.5, 0.6) is 0 Å². The predicted octanol–water partition coefficient (Wildman–Crippen LogP) is 6.75. The maximum atomic E-state index is 13.1. The van der Waals surface area contributed by atoms with Crippen LogP contribution < -0.4 is 5.32 Å². The standard InChI is InChI=1S/C26H21BrN2O/c1-2-29-20-10-6-4-8-16(20)23-21(29)13-11-19-26(23)24(15-7-3-5-9-17(15)27)25-18(28-19)12-14-22(25)30/h3-11,13,24,28H,2,12,14H2,1H3. The third-order valence-electron chi connectivity index (χ3n) is 6.60. The third kappa shape index (κ3) is 2.34. The van der Waals surface area contributed by atoms with Crippen LogP contribution in [-0.2, 0) is 11.3 Å².